The van der Waals surface area contributed by atoms with Crippen LogP contribution in [0.5, 0.6) is 0 Å². The van der Waals surface area contributed by atoms with Gasteiger partial charge in [0.2, 0.25) is 11.4 Å². The maximum absolute atomic E-state index is 10.7. The van der Waals surface area contributed by atoms with Crippen molar-refractivity contribution in [3.05, 3.63) is 0 Å². The average Bonchev–Trinajstić information content (AvgIpc) is 2.36. The van der Waals surface area contributed by atoms with Gasteiger partial charge in [0, 0.05) is 12.8 Å². The summed E-state index contributed by atoms with van der Waals surface area (Å²) in [6.07, 6.45) is 4.68. The van der Waals surface area contributed by atoms with Gasteiger partial charge in [0.15, 0.2) is 0 Å². The van der Waals surface area contributed by atoms with Crippen LogP contribution in [0.25, 0.3) is 0 Å². The molecule has 0 rings (SSSR count). The van der Waals surface area contributed by atoms with Crippen LogP contribution in [-0.2, 0) is 9.59 Å². The number of unbranched alkanes of at least 4 members (excludes halogenated alkanes) is 4. The van der Waals surface area contributed by atoms with Crippen molar-refractivity contribution in [3.8, 4) is 0 Å². The predicted molar refractivity (Wildman–Crippen MR) is 79.6 cm³/mol. The normalized spacial score (nSPS) is 18.2. The van der Waals surface area contributed by atoms with Crippen LogP contribution in [0.1, 0.15) is 58.3 Å². The predicted octanol–water partition coefficient (Wildman–Crippen LogP) is 0.207. The van der Waals surface area contributed by atoms with Gasteiger partial charge in [-0.15, -0.1) is 0 Å². The van der Waals surface area contributed by atoms with Crippen LogP contribution in [-0.4, -0.2) is 43.8 Å². The number of nitrogens with two attached hydrogens (primary N) is 2. The quantitative estimate of drug-likeness (QED) is 0.219. The number of carboxylic acid groups (broad SMARTS) is 2. The van der Waals surface area contributed by atoms with Crippen molar-refractivity contribution in [2.45, 2.75) is 69.7 Å². The third-order valence-electron chi connectivity index (χ3n) is 3.66. The Bertz CT molecular complexity index is 370. The molecule has 0 aliphatic rings. The first-order valence-electron chi connectivity index (χ1n) is 7.48. The standard InChI is InChI=1S/C14H28N2O6/c1-10(9-14(16,22)12(19)20)7-5-3-2-4-6-8-13(15,21)11(17)18/h10,21-22H,2-9,15-16H2,1H3,(H,17,18)(H,19,20). The molecule has 8 N–H and O–H groups in total. The monoisotopic (exact) mass is 320 g/mol. The van der Waals surface area contributed by atoms with E-state index in [0.717, 1.165) is 32.1 Å². The average molecular weight is 320 g/mol. The van der Waals surface area contributed by atoms with Crippen molar-refractivity contribution in [2.24, 2.45) is 17.4 Å². The lowest BCUT2D eigenvalue weighted by atomic mass is 9.93. The van der Waals surface area contributed by atoms with E-state index < -0.39 is 23.4 Å². The van der Waals surface area contributed by atoms with Crippen molar-refractivity contribution >= 4 is 11.9 Å². The fourth-order valence-corrected chi connectivity index (χ4v) is 2.25. The molecule has 0 saturated carbocycles. The second-order valence-corrected chi connectivity index (χ2v) is 6.07. The number of carbonyl (C=O) groups is 2. The summed E-state index contributed by atoms with van der Waals surface area (Å²) in [7, 11) is 0. The van der Waals surface area contributed by atoms with Crippen LogP contribution in [0.15, 0.2) is 0 Å². The summed E-state index contributed by atoms with van der Waals surface area (Å²) in [4.78, 5) is 21.3. The Morgan fingerprint density at radius 2 is 1.36 bits per heavy atom. The topological polar surface area (TPSA) is 167 Å². The molecular weight excluding hydrogens is 292 g/mol. The molecule has 0 aromatic rings. The summed E-state index contributed by atoms with van der Waals surface area (Å²) in [6, 6.07) is 0. The third-order valence-corrected chi connectivity index (χ3v) is 3.66. The van der Waals surface area contributed by atoms with E-state index in [9.17, 15) is 19.8 Å². The number of carboxylic acids is 2. The lowest BCUT2D eigenvalue weighted by Crippen LogP contribution is -2.48. The molecule has 0 fully saturated rings. The van der Waals surface area contributed by atoms with Crippen molar-refractivity contribution < 1.29 is 30.0 Å². The molecule has 0 aromatic carbocycles. The van der Waals surface area contributed by atoms with Crippen LogP contribution in [0.3, 0.4) is 0 Å². The van der Waals surface area contributed by atoms with Crippen LogP contribution in [0, 0.1) is 5.92 Å². The number of aliphatic carboxylic acids is 2. The second kappa shape index (κ2) is 9.04. The molecule has 8 nitrogen and oxygen atoms in total. The molecule has 0 radical (unpaired) electrons. The molecule has 22 heavy (non-hydrogen) atoms. The van der Waals surface area contributed by atoms with E-state index in [1.54, 1.807) is 0 Å². The first-order valence-corrected chi connectivity index (χ1v) is 7.48. The van der Waals surface area contributed by atoms with Gasteiger partial charge in [-0.2, -0.15) is 0 Å². The van der Waals surface area contributed by atoms with Gasteiger partial charge in [0.05, 0.1) is 0 Å². The Labute approximate surface area is 130 Å². The summed E-state index contributed by atoms with van der Waals surface area (Å²) in [5.74, 6) is -2.85. The zero-order valence-corrected chi connectivity index (χ0v) is 13.0. The molecule has 0 aromatic heterocycles. The first kappa shape index (κ1) is 20.8. The summed E-state index contributed by atoms with van der Waals surface area (Å²) in [6.45, 7) is 1.84. The Morgan fingerprint density at radius 1 is 0.909 bits per heavy atom. The molecule has 3 atom stereocenters. The number of aliphatic hydroxyl groups is 2. The zero-order valence-electron chi connectivity index (χ0n) is 13.0. The highest BCUT2D eigenvalue weighted by molar-refractivity contribution is 5.76. The van der Waals surface area contributed by atoms with E-state index in [1.807, 2.05) is 6.92 Å². The van der Waals surface area contributed by atoms with E-state index in [0.29, 0.717) is 6.42 Å². The minimum Gasteiger partial charge on any atom is -0.478 e. The van der Waals surface area contributed by atoms with Gasteiger partial charge < -0.3 is 20.4 Å². The molecule has 0 heterocycles. The van der Waals surface area contributed by atoms with E-state index >= 15 is 0 Å². The molecule has 0 bridgehead atoms. The van der Waals surface area contributed by atoms with Gasteiger partial charge in [-0.1, -0.05) is 39.0 Å². The molecule has 0 spiro atoms. The molecule has 130 valence electrons. The molecule has 0 aliphatic heterocycles. The van der Waals surface area contributed by atoms with Gasteiger partial charge in [-0.05, 0) is 12.3 Å². The summed E-state index contributed by atoms with van der Waals surface area (Å²) < 4.78 is 0. The van der Waals surface area contributed by atoms with Crippen LogP contribution < -0.4 is 11.5 Å². The number of hydrogen-bond acceptors (Lipinski definition) is 6. The molecule has 8 heteroatoms. The molecule has 0 amide bonds. The Kier molecular flexibility index (Phi) is 8.54. The van der Waals surface area contributed by atoms with E-state index in [2.05, 4.69) is 0 Å². The summed E-state index contributed by atoms with van der Waals surface area (Å²) in [5.41, 5.74) is 6.13. The summed E-state index contributed by atoms with van der Waals surface area (Å²) >= 11 is 0. The Hall–Kier alpha value is -1.22. The highest BCUT2D eigenvalue weighted by Gasteiger charge is 2.32. The van der Waals surface area contributed by atoms with Crippen LogP contribution in [0.2, 0.25) is 0 Å². The van der Waals surface area contributed by atoms with Crippen LogP contribution in [0.4, 0.5) is 0 Å². The zero-order chi connectivity index (χ0) is 17.4. The van der Waals surface area contributed by atoms with Gasteiger partial charge in [-0.25, -0.2) is 9.59 Å². The van der Waals surface area contributed by atoms with Crippen LogP contribution >= 0.6 is 0 Å². The maximum atomic E-state index is 10.7. The fraction of sp³-hybridized carbons (Fsp3) is 0.857. The van der Waals surface area contributed by atoms with Gasteiger partial charge in [0.25, 0.3) is 0 Å². The third kappa shape index (κ3) is 8.28. The van der Waals surface area contributed by atoms with Crippen molar-refractivity contribution in [3.63, 3.8) is 0 Å². The van der Waals surface area contributed by atoms with Crippen molar-refractivity contribution in [1.82, 2.24) is 0 Å². The van der Waals surface area contributed by atoms with E-state index in [4.69, 9.17) is 21.7 Å². The highest BCUT2D eigenvalue weighted by Crippen LogP contribution is 2.20. The Morgan fingerprint density at radius 3 is 1.86 bits per heavy atom. The van der Waals surface area contributed by atoms with Gasteiger partial charge >= 0.3 is 11.9 Å². The molecule has 0 saturated heterocycles. The van der Waals surface area contributed by atoms with Gasteiger partial charge in [0.1, 0.15) is 0 Å². The maximum Gasteiger partial charge on any atom is 0.351 e. The highest BCUT2D eigenvalue weighted by atomic mass is 16.4. The fourth-order valence-electron chi connectivity index (χ4n) is 2.25. The lowest BCUT2D eigenvalue weighted by Gasteiger charge is -2.22. The molecule has 0 aliphatic carbocycles. The first-order chi connectivity index (χ1) is 9.99. The minimum absolute atomic E-state index is 0.00114. The van der Waals surface area contributed by atoms with E-state index in [1.165, 1.54) is 0 Å². The summed E-state index contributed by atoms with van der Waals surface area (Å²) in [5, 5.41) is 36.1. The lowest BCUT2D eigenvalue weighted by molar-refractivity contribution is -0.160. The number of hydrogen-bond donors (Lipinski definition) is 6. The number of rotatable bonds is 12. The minimum atomic E-state index is -2.18. The van der Waals surface area contributed by atoms with E-state index in [-0.39, 0.29) is 18.8 Å². The van der Waals surface area contributed by atoms with Crippen molar-refractivity contribution in [1.29, 1.82) is 0 Å². The molecule has 3 unspecified atom stereocenters. The molecular formula is C14H28N2O6. The van der Waals surface area contributed by atoms with Crippen molar-refractivity contribution in [2.75, 3.05) is 0 Å². The Balaban J connectivity index is 3.70. The smallest absolute Gasteiger partial charge is 0.351 e. The second-order valence-electron chi connectivity index (χ2n) is 6.07. The largest absolute Gasteiger partial charge is 0.478 e. The van der Waals surface area contributed by atoms with Gasteiger partial charge in [-0.3, -0.25) is 11.5 Å². The SMILES string of the molecule is CC(CCCCCCCC(N)(O)C(=O)O)CC(N)(O)C(=O)O.